The number of ether oxygens (including phenoxy) is 1. The zero-order valence-corrected chi connectivity index (χ0v) is 13.1. The van der Waals surface area contributed by atoms with E-state index in [1.54, 1.807) is 7.11 Å². The standard InChI is InChI=1S/C16H26ClNO/c1-4-6-7-8-9-15(18-5-2)14-12-13(17)10-11-16(14)19-3/h10-12,15,18H,4-9H2,1-3H3. The first-order chi connectivity index (χ1) is 9.22. The number of unbranched alkanes of at least 4 members (excludes halogenated alkanes) is 3. The van der Waals surface area contributed by atoms with Crippen molar-refractivity contribution in [2.24, 2.45) is 0 Å². The SMILES string of the molecule is CCCCCCC(NCC)c1cc(Cl)ccc1OC. The quantitative estimate of drug-likeness (QED) is 0.646. The predicted molar refractivity (Wildman–Crippen MR) is 83.2 cm³/mol. The normalized spacial score (nSPS) is 12.4. The number of hydrogen-bond acceptors (Lipinski definition) is 2. The Bertz CT molecular complexity index is 368. The van der Waals surface area contributed by atoms with Crippen LogP contribution in [-0.2, 0) is 0 Å². The minimum absolute atomic E-state index is 0.329. The Hall–Kier alpha value is -0.730. The van der Waals surface area contributed by atoms with Crippen molar-refractivity contribution < 1.29 is 4.74 Å². The molecule has 0 fully saturated rings. The van der Waals surface area contributed by atoms with E-state index in [0.717, 1.165) is 23.7 Å². The van der Waals surface area contributed by atoms with Gasteiger partial charge in [-0.15, -0.1) is 0 Å². The Morgan fingerprint density at radius 1 is 1.21 bits per heavy atom. The van der Waals surface area contributed by atoms with Crippen LogP contribution in [0.15, 0.2) is 18.2 Å². The van der Waals surface area contributed by atoms with Crippen LogP contribution in [-0.4, -0.2) is 13.7 Å². The molecule has 0 aromatic heterocycles. The van der Waals surface area contributed by atoms with Crippen LogP contribution in [0.5, 0.6) is 5.75 Å². The summed E-state index contributed by atoms with van der Waals surface area (Å²) < 4.78 is 5.46. The van der Waals surface area contributed by atoms with Gasteiger partial charge in [0.1, 0.15) is 5.75 Å². The number of rotatable bonds is 9. The summed E-state index contributed by atoms with van der Waals surface area (Å²) in [7, 11) is 1.72. The summed E-state index contributed by atoms with van der Waals surface area (Å²) in [6.45, 7) is 5.33. The third kappa shape index (κ3) is 5.42. The molecule has 1 rings (SSSR count). The third-order valence-electron chi connectivity index (χ3n) is 3.36. The second-order valence-corrected chi connectivity index (χ2v) is 5.28. The van der Waals surface area contributed by atoms with Crippen molar-refractivity contribution in [2.75, 3.05) is 13.7 Å². The first-order valence-electron chi connectivity index (χ1n) is 7.29. The fraction of sp³-hybridized carbons (Fsp3) is 0.625. The highest BCUT2D eigenvalue weighted by molar-refractivity contribution is 6.30. The molecule has 1 unspecified atom stereocenters. The Morgan fingerprint density at radius 3 is 2.63 bits per heavy atom. The van der Waals surface area contributed by atoms with E-state index >= 15 is 0 Å². The van der Waals surface area contributed by atoms with Crippen LogP contribution in [0, 0.1) is 0 Å². The van der Waals surface area contributed by atoms with Gasteiger partial charge in [-0.05, 0) is 31.2 Å². The number of methoxy groups -OCH3 is 1. The first-order valence-corrected chi connectivity index (χ1v) is 7.67. The molecule has 0 amide bonds. The molecule has 1 aromatic rings. The minimum Gasteiger partial charge on any atom is -0.496 e. The van der Waals surface area contributed by atoms with E-state index in [2.05, 4.69) is 19.2 Å². The van der Waals surface area contributed by atoms with Crippen LogP contribution < -0.4 is 10.1 Å². The Labute approximate surface area is 122 Å². The van der Waals surface area contributed by atoms with Gasteiger partial charge in [-0.25, -0.2) is 0 Å². The van der Waals surface area contributed by atoms with Crippen molar-refractivity contribution >= 4 is 11.6 Å². The Balaban J connectivity index is 2.76. The average molecular weight is 284 g/mol. The topological polar surface area (TPSA) is 21.3 Å². The van der Waals surface area contributed by atoms with Crippen LogP contribution in [0.4, 0.5) is 0 Å². The predicted octanol–water partition coefficient (Wildman–Crippen LogP) is 4.97. The van der Waals surface area contributed by atoms with Crippen molar-refractivity contribution in [2.45, 2.75) is 52.0 Å². The van der Waals surface area contributed by atoms with Crippen LogP contribution in [0.25, 0.3) is 0 Å². The summed E-state index contributed by atoms with van der Waals surface area (Å²) in [5.41, 5.74) is 1.17. The maximum absolute atomic E-state index is 6.12. The lowest BCUT2D eigenvalue weighted by atomic mass is 9.99. The molecule has 1 aromatic carbocycles. The number of benzene rings is 1. The molecule has 0 bridgehead atoms. The van der Waals surface area contributed by atoms with E-state index in [0.29, 0.717) is 6.04 Å². The molecule has 0 saturated carbocycles. The van der Waals surface area contributed by atoms with Crippen molar-refractivity contribution in [3.05, 3.63) is 28.8 Å². The molecule has 1 N–H and O–H groups in total. The molecular weight excluding hydrogens is 258 g/mol. The van der Waals surface area contributed by atoms with E-state index < -0.39 is 0 Å². The Kier molecular flexibility index (Phi) is 7.92. The Morgan fingerprint density at radius 2 is 2.00 bits per heavy atom. The van der Waals surface area contributed by atoms with Gasteiger partial charge in [0.15, 0.2) is 0 Å². The lowest BCUT2D eigenvalue weighted by Gasteiger charge is -2.21. The van der Waals surface area contributed by atoms with Crippen molar-refractivity contribution in [3.63, 3.8) is 0 Å². The van der Waals surface area contributed by atoms with Crippen LogP contribution >= 0.6 is 11.6 Å². The smallest absolute Gasteiger partial charge is 0.123 e. The zero-order chi connectivity index (χ0) is 14.1. The van der Waals surface area contributed by atoms with Gasteiger partial charge in [0.05, 0.1) is 7.11 Å². The molecule has 1 atom stereocenters. The second kappa shape index (κ2) is 9.22. The number of halogens is 1. The van der Waals surface area contributed by atoms with Gasteiger partial charge in [-0.2, -0.15) is 0 Å². The molecule has 0 spiro atoms. The fourth-order valence-electron chi connectivity index (χ4n) is 2.37. The molecular formula is C16H26ClNO. The van der Waals surface area contributed by atoms with Gasteiger partial charge < -0.3 is 10.1 Å². The maximum atomic E-state index is 6.12. The van der Waals surface area contributed by atoms with Gasteiger partial charge in [0.2, 0.25) is 0 Å². The van der Waals surface area contributed by atoms with Gasteiger partial charge in [-0.3, -0.25) is 0 Å². The van der Waals surface area contributed by atoms with Crippen molar-refractivity contribution in [3.8, 4) is 5.75 Å². The van der Waals surface area contributed by atoms with E-state index in [1.165, 1.54) is 31.2 Å². The lowest BCUT2D eigenvalue weighted by molar-refractivity contribution is 0.393. The summed E-state index contributed by atoms with van der Waals surface area (Å²) in [5, 5.41) is 4.31. The molecule has 0 heterocycles. The fourth-order valence-corrected chi connectivity index (χ4v) is 2.55. The summed E-state index contributed by atoms with van der Waals surface area (Å²) in [6, 6.07) is 6.18. The van der Waals surface area contributed by atoms with Gasteiger partial charge >= 0.3 is 0 Å². The van der Waals surface area contributed by atoms with Crippen LogP contribution in [0.3, 0.4) is 0 Å². The van der Waals surface area contributed by atoms with Crippen molar-refractivity contribution in [1.82, 2.24) is 5.32 Å². The maximum Gasteiger partial charge on any atom is 0.123 e. The van der Waals surface area contributed by atoms with Gasteiger partial charge in [0, 0.05) is 16.6 Å². The number of hydrogen-bond donors (Lipinski definition) is 1. The summed E-state index contributed by atoms with van der Waals surface area (Å²) >= 11 is 6.12. The van der Waals surface area contributed by atoms with Crippen LogP contribution in [0.1, 0.15) is 57.6 Å². The molecule has 0 aliphatic heterocycles. The van der Waals surface area contributed by atoms with Crippen molar-refractivity contribution in [1.29, 1.82) is 0 Å². The molecule has 2 nitrogen and oxygen atoms in total. The van der Waals surface area contributed by atoms with E-state index in [-0.39, 0.29) is 0 Å². The lowest BCUT2D eigenvalue weighted by Crippen LogP contribution is -2.21. The zero-order valence-electron chi connectivity index (χ0n) is 12.3. The molecule has 0 aliphatic carbocycles. The average Bonchev–Trinajstić information content (AvgIpc) is 2.42. The molecule has 3 heteroatoms. The van der Waals surface area contributed by atoms with Gasteiger partial charge in [-0.1, -0.05) is 51.1 Å². The minimum atomic E-state index is 0.329. The monoisotopic (exact) mass is 283 g/mol. The van der Waals surface area contributed by atoms with Gasteiger partial charge in [0.25, 0.3) is 0 Å². The highest BCUT2D eigenvalue weighted by atomic mass is 35.5. The molecule has 0 aliphatic rings. The third-order valence-corrected chi connectivity index (χ3v) is 3.60. The summed E-state index contributed by atoms with van der Waals surface area (Å²) in [5.74, 6) is 0.922. The van der Waals surface area contributed by atoms with Crippen LogP contribution in [0.2, 0.25) is 5.02 Å². The largest absolute Gasteiger partial charge is 0.496 e. The highest BCUT2D eigenvalue weighted by Gasteiger charge is 2.15. The van der Waals surface area contributed by atoms with E-state index in [1.807, 2.05) is 18.2 Å². The molecule has 0 saturated heterocycles. The molecule has 19 heavy (non-hydrogen) atoms. The number of nitrogens with one attached hydrogen (secondary N) is 1. The molecule has 108 valence electrons. The second-order valence-electron chi connectivity index (χ2n) is 4.85. The summed E-state index contributed by atoms with van der Waals surface area (Å²) in [4.78, 5) is 0. The van der Waals surface area contributed by atoms with E-state index in [9.17, 15) is 0 Å². The summed E-state index contributed by atoms with van der Waals surface area (Å²) in [6.07, 6.45) is 6.24. The first kappa shape index (κ1) is 16.3. The van der Waals surface area contributed by atoms with E-state index in [4.69, 9.17) is 16.3 Å². The highest BCUT2D eigenvalue weighted by Crippen LogP contribution is 2.31. The molecule has 0 radical (unpaired) electrons.